The van der Waals surface area contributed by atoms with Crippen LogP contribution in [0.2, 0.25) is 0 Å². The molecule has 0 spiro atoms. The van der Waals surface area contributed by atoms with Crippen LogP contribution in [0.4, 0.5) is 0 Å². The normalized spacial score (nSPS) is 14.4. The van der Waals surface area contributed by atoms with E-state index in [2.05, 4.69) is 279 Å². The van der Waals surface area contributed by atoms with Crippen LogP contribution in [0.5, 0.6) is 0 Å². The maximum atomic E-state index is 2.58. The number of hydrogen-bond donors (Lipinski definition) is 0. The molecule has 0 radical (unpaired) electrons. The topological polar surface area (TPSA) is 0 Å². The number of benzene rings is 12. The van der Waals surface area contributed by atoms with Gasteiger partial charge in [-0.15, -0.1) is 0 Å². The summed E-state index contributed by atoms with van der Waals surface area (Å²) >= 11 is 0. The fraction of sp³-hybridized carbons (Fsp3) is 0.0423. The zero-order valence-corrected chi connectivity index (χ0v) is 39.2. The molecule has 0 saturated heterocycles. The molecule has 2 aliphatic rings. The highest BCUT2D eigenvalue weighted by atomic mass is 14.5. The molecule has 0 aliphatic heterocycles. The standard InChI is InChI=1S/C71H48/c1-5-20-48(21-6-1)58-30-17-18-32-63(58)68(54-37-39-60-64-42-35-49-22-15-16-31-59(49)70(64)69(65(60)44-54)50-23-7-2-8-24-50)55-38-41-62-61-40-36-53(52-34-33-47-19-13-14-25-51(47)43-52)45-66(61)71(67(62)46-55,56-26-9-3-10-27-56)57-28-11-4-12-29-57/h1-46,68-69H. The Morgan fingerprint density at radius 3 is 1.58 bits per heavy atom. The molecule has 0 bridgehead atoms. The van der Waals surface area contributed by atoms with Crippen molar-refractivity contribution in [2.24, 2.45) is 0 Å². The molecule has 12 aromatic rings. The van der Waals surface area contributed by atoms with Crippen LogP contribution in [0, 0.1) is 0 Å². The molecule has 71 heavy (non-hydrogen) atoms. The van der Waals surface area contributed by atoms with Crippen molar-refractivity contribution >= 4 is 21.5 Å². The van der Waals surface area contributed by atoms with Crippen molar-refractivity contribution in [1.82, 2.24) is 0 Å². The lowest BCUT2D eigenvalue weighted by Crippen LogP contribution is -2.28. The van der Waals surface area contributed by atoms with Gasteiger partial charge in [-0.2, -0.15) is 0 Å². The summed E-state index contributed by atoms with van der Waals surface area (Å²) in [6.45, 7) is 0. The van der Waals surface area contributed by atoms with E-state index in [-0.39, 0.29) is 11.8 Å². The minimum Gasteiger partial charge on any atom is -0.0622 e. The van der Waals surface area contributed by atoms with Gasteiger partial charge in [-0.25, -0.2) is 0 Å². The van der Waals surface area contributed by atoms with Crippen LogP contribution < -0.4 is 0 Å². The van der Waals surface area contributed by atoms with Crippen LogP contribution in [0.25, 0.3) is 66.1 Å². The van der Waals surface area contributed by atoms with Gasteiger partial charge in [-0.1, -0.05) is 267 Å². The Balaban J connectivity index is 1.02. The average molecular weight is 901 g/mol. The van der Waals surface area contributed by atoms with Gasteiger partial charge in [0.1, 0.15) is 0 Å². The molecule has 0 amide bonds. The van der Waals surface area contributed by atoms with Gasteiger partial charge in [-0.3, -0.25) is 0 Å². The molecule has 2 atom stereocenters. The van der Waals surface area contributed by atoms with Crippen LogP contribution >= 0.6 is 0 Å². The predicted molar refractivity (Wildman–Crippen MR) is 296 cm³/mol. The average Bonchev–Trinajstić information content (AvgIpc) is 3.94. The van der Waals surface area contributed by atoms with Gasteiger partial charge < -0.3 is 0 Å². The Morgan fingerprint density at radius 2 is 0.831 bits per heavy atom. The Labute approximate surface area is 415 Å². The lowest BCUT2D eigenvalue weighted by Gasteiger charge is -2.35. The van der Waals surface area contributed by atoms with Gasteiger partial charge in [0.25, 0.3) is 0 Å². The molecule has 14 rings (SSSR count). The lowest BCUT2D eigenvalue weighted by atomic mass is 9.67. The number of fused-ring (bicyclic) bond motifs is 9. The summed E-state index contributed by atoms with van der Waals surface area (Å²) in [7, 11) is 0. The second-order valence-electron chi connectivity index (χ2n) is 19.4. The van der Waals surface area contributed by atoms with E-state index < -0.39 is 5.41 Å². The van der Waals surface area contributed by atoms with Gasteiger partial charge in [0, 0.05) is 11.8 Å². The number of rotatable bonds is 8. The number of hydrogen-bond acceptors (Lipinski definition) is 0. The smallest absolute Gasteiger partial charge is 0.0622 e. The third-order valence-corrected chi connectivity index (χ3v) is 15.8. The Morgan fingerprint density at radius 1 is 0.310 bits per heavy atom. The largest absolute Gasteiger partial charge is 0.0713 e. The molecule has 332 valence electrons. The van der Waals surface area contributed by atoms with Crippen LogP contribution in [-0.2, 0) is 5.41 Å². The molecular formula is C71H48. The summed E-state index contributed by atoms with van der Waals surface area (Å²) < 4.78 is 0. The van der Waals surface area contributed by atoms with Crippen LogP contribution in [0.1, 0.15) is 67.5 Å². The molecule has 0 nitrogen and oxygen atoms in total. The Hall–Kier alpha value is -8.84. The zero-order valence-electron chi connectivity index (χ0n) is 39.2. The van der Waals surface area contributed by atoms with Crippen molar-refractivity contribution in [3.63, 3.8) is 0 Å². The monoisotopic (exact) mass is 900 g/mol. The van der Waals surface area contributed by atoms with Crippen molar-refractivity contribution < 1.29 is 0 Å². The van der Waals surface area contributed by atoms with Crippen molar-refractivity contribution in [3.8, 4) is 44.5 Å². The van der Waals surface area contributed by atoms with Gasteiger partial charge in [0.15, 0.2) is 0 Å². The van der Waals surface area contributed by atoms with E-state index in [1.807, 2.05) is 0 Å². The van der Waals surface area contributed by atoms with E-state index in [4.69, 9.17) is 0 Å². The predicted octanol–water partition coefficient (Wildman–Crippen LogP) is 18.0. The molecule has 0 N–H and O–H groups in total. The molecular weight excluding hydrogens is 853 g/mol. The Kier molecular flexibility index (Phi) is 9.68. The molecule has 0 heteroatoms. The third-order valence-electron chi connectivity index (χ3n) is 15.8. The van der Waals surface area contributed by atoms with E-state index >= 15 is 0 Å². The quantitative estimate of drug-likeness (QED) is 0.133. The van der Waals surface area contributed by atoms with E-state index in [9.17, 15) is 0 Å². The maximum absolute atomic E-state index is 2.58. The summed E-state index contributed by atoms with van der Waals surface area (Å²) in [6, 6.07) is 105. The molecule has 0 fully saturated rings. The summed E-state index contributed by atoms with van der Waals surface area (Å²) in [5.74, 6) is -0.00703. The second kappa shape index (κ2) is 16.7. The van der Waals surface area contributed by atoms with Gasteiger partial charge >= 0.3 is 0 Å². The van der Waals surface area contributed by atoms with Crippen molar-refractivity contribution in [3.05, 3.63) is 335 Å². The first-order chi connectivity index (χ1) is 35.2. The summed E-state index contributed by atoms with van der Waals surface area (Å²) in [5, 5.41) is 5.10. The minimum absolute atomic E-state index is 0.0902. The molecule has 0 saturated carbocycles. The fourth-order valence-electron chi connectivity index (χ4n) is 12.6. The van der Waals surface area contributed by atoms with Gasteiger partial charge in [-0.05, 0) is 134 Å². The highest BCUT2D eigenvalue weighted by Gasteiger charge is 2.47. The minimum atomic E-state index is -0.599. The summed E-state index contributed by atoms with van der Waals surface area (Å²) in [6.07, 6.45) is 0. The van der Waals surface area contributed by atoms with E-state index in [1.165, 1.54) is 122 Å². The third kappa shape index (κ3) is 6.52. The Bertz CT molecular complexity index is 3940. The molecule has 2 unspecified atom stereocenters. The van der Waals surface area contributed by atoms with Gasteiger partial charge in [0.2, 0.25) is 0 Å². The molecule has 0 aromatic heterocycles. The zero-order chi connectivity index (χ0) is 46.9. The highest BCUT2D eigenvalue weighted by Crippen LogP contribution is 2.58. The molecule has 0 heterocycles. The first-order valence-electron chi connectivity index (χ1n) is 25.0. The van der Waals surface area contributed by atoms with Crippen LogP contribution in [0.15, 0.2) is 279 Å². The van der Waals surface area contributed by atoms with E-state index in [0.717, 1.165) is 0 Å². The van der Waals surface area contributed by atoms with Crippen molar-refractivity contribution in [2.45, 2.75) is 17.3 Å². The van der Waals surface area contributed by atoms with Crippen LogP contribution in [0.3, 0.4) is 0 Å². The summed E-state index contributed by atoms with van der Waals surface area (Å²) in [5.41, 5.74) is 22.5. The molecule has 12 aromatic carbocycles. The van der Waals surface area contributed by atoms with Crippen LogP contribution in [-0.4, -0.2) is 0 Å². The second-order valence-corrected chi connectivity index (χ2v) is 19.4. The highest BCUT2D eigenvalue weighted by molar-refractivity contribution is 5.98. The molecule has 2 aliphatic carbocycles. The summed E-state index contributed by atoms with van der Waals surface area (Å²) in [4.78, 5) is 0. The first kappa shape index (κ1) is 41.2. The first-order valence-corrected chi connectivity index (χ1v) is 25.0. The van der Waals surface area contributed by atoms with Crippen molar-refractivity contribution in [2.75, 3.05) is 0 Å². The SMILES string of the molecule is c1ccc(-c2ccccc2C(c2ccc3c(c2)C(c2ccccc2)c2c-3ccc3ccccc23)c2ccc3c(c2)C(c2ccccc2)(c2ccccc2)c2cc(-c4ccc5ccccc5c4)ccc2-3)cc1. The maximum Gasteiger partial charge on any atom is 0.0713 e. The fourth-order valence-corrected chi connectivity index (χ4v) is 12.6. The van der Waals surface area contributed by atoms with Gasteiger partial charge in [0.05, 0.1) is 5.41 Å². The van der Waals surface area contributed by atoms with E-state index in [0.29, 0.717) is 0 Å². The lowest BCUT2D eigenvalue weighted by molar-refractivity contribution is 0.765. The van der Waals surface area contributed by atoms with Crippen molar-refractivity contribution in [1.29, 1.82) is 0 Å². The van der Waals surface area contributed by atoms with E-state index in [1.54, 1.807) is 0 Å².